The predicted octanol–water partition coefficient (Wildman–Crippen LogP) is 3.48. The zero-order chi connectivity index (χ0) is 17.8. The molecule has 2 heterocycles. The second-order valence-corrected chi connectivity index (χ2v) is 5.90. The molecule has 128 valence electrons. The third-order valence-corrected chi connectivity index (χ3v) is 4.05. The maximum atomic E-state index is 13.7. The van der Waals surface area contributed by atoms with E-state index in [2.05, 4.69) is 15.4 Å². The fourth-order valence-corrected chi connectivity index (χ4v) is 2.72. The van der Waals surface area contributed by atoms with Gasteiger partial charge in [0.2, 0.25) is 0 Å². The highest BCUT2D eigenvalue weighted by Gasteiger charge is 2.15. The third kappa shape index (κ3) is 3.85. The molecule has 1 N–H and O–H groups in total. The quantitative estimate of drug-likeness (QED) is 0.759. The topological polar surface area (TPSA) is 59.8 Å². The second kappa shape index (κ2) is 7.44. The van der Waals surface area contributed by atoms with E-state index in [0.717, 1.165) is 17.0 Å². The molecule has 5 nitrogen and oxygen atoms in total. The van der Waals surface area contributed by atoms with Crippen molar-refractivity contribution in [1.29, 1.82) is 0 Å². The number of halogens is 2. The molecule has 0 atom stereocenters. The Balaban J connectivity index is 1.65. The van der Waals surface area contributed by atoms with Crippen molar-refractivity contribution >= 4 is 17.5 Å². The van der Waals surface area contributed by atoms with Crippen molar-refractivity contribution in [3.05, 3.63) is 70.9 Å². The van der Waals surface area contributed by atoms with Crippen molar-refractivity contribution in [2.75, 3.05) is 6.54 Å². The summed E-state index contributed by atoms with van der Waals surface area (Å²) < 4.78 is 15.5. The zero-order valence-electron chi connectivity index (χ0n) is 13.5. The summed E-state index contributed by atoms with van der Waals surface area (Å²) >= 11 is 5.89. The molecule has 25 heavy (non-hydrogen) atoms. The first-order valence-corrected chi connectivity index (χ1v) is 8.11. The van der Waals surface area contributed by atoms with Gasteiger partial charge in [-0.25, -0.2) is 4.39 Å². The number of nitrogens with zero attached hydrogens (tertiary/aromatic N) is 3. The first-order chi connectivity index (χ1) is 12.1. The summed E-state index contributed by atoms with van der Waals surface area (Å²) in [5.74, 6) is -1.18. The molecule has 0 aliphatic carbocycles. The largest absolute Gasteiger partial charge is 0.350 e. The Hall–Kier alpha value is -2.73. The summed E-state index contributed by atoms with van der Waals surface area (Å²) in [6.45, 7) is 2.70. The molecule has 0 bridgehead atoms. The van der Waals surface area contributed by atoms with E-state index in [4.69, 9.17) is 11.6 Å². The number of nitrogens with one attached hydrogen (secondary N) is 1. The number of pyridine rings is 1. The van der Waals surface area contributed by atoms with Gasteiger partial charge in [0.25, 0.3) is 5.91 Å². The first-order valence-electron chi connectivity index (χ1n) is 7.73. The molecule has 3 aromatic rings. The van der Waals surface area contributed by atoms with Crippen LogP contribution in [0.1, 0.15) is 16.1 Å². The summed E-state index contributed by atoms with van der Waals surface area (Å²) in [5.41, 5.74) is 2.55. The van der Waals surface area contributed by atoms with Gasteiger partial charge in [-0.15, -0.1) is 0 Å². The molecule has 1 amide bonds. The van der Waals surface area contributed by atoms with E-state index >= 15 is 0 Å². The normalized spacial score (nSPS) is 10.7. The number of aryl methyl sites for hydroxylation is 1. The first kappa shape index (κ1) is 17.1. The Morgan fingerprint density at radius 1 is 1.32 bits per heavy atom. The van der Waals surface area contributed by atoms with Crippen LogP contribution >= 0.6 is 11.6 Å². The molecule has 0 unspecified atom stereocenters. The van der Waals surface area contributed by atoms with Crippen LogP contribution in [0.5, 0.6) is 0 Å². The van der Waals surface area contributed by atoms with Crippen molar-refractivity contribution in [2.45, 2.75) is 13.5 Å². The van der Waals surface area contributed by atoms with E-state index in [9.17, 15) is 9.18 Å². The minimum atomic E-state index is -0.640. The zero-order valence-corrected chi connectivity index (χ0v) is 14.3. The van der Waals surface area contributed by atoms with Gasteiger partial charge < -0.3 is 5.32 Å². The van der Waals surface area contributed by atoms with Gasteiger partial charge >= 0.3 is 0 Å². The predicted molar refractivity (Wildman–Crippen MR) is 93.9 cm³/mol. The number of carbonyl (C=O) groups excluding carboxylic acids is 1. The Bertz CT molecular complexity index is 875. The molecule has 0 aliphatic rings. The number of benzene rings is 1. The average molecular weight is 359 g/mol. The third-order valence-electron chi connectivity index (χ3n) is 3.74. The molecule has 0 radical (unpaired) electrons. The highest BCUT2D eigenvalue weighted by Crippen LogP contribution is 2.19. The maximum Gasteiger partial charge on any atom is 0.255 e. The van der Waals surface area contributed by atoms with Crippen LogP contribution in [0.25, 0.3) is 11.3 Å². The van der Waals surface area contributed by atoms with Gasteiger partial charge in [0.15, 0.2) is 0 Å². The standard InChI is InChI=1S/C18H16ClFN4O/c1-12-10-16(13-4-3-7-21-11-13)23-24(12)9-8-22-18(25)17-14(19)5-2-6-15(17)20/h2-7,10-11H,8-9H2,1H3,(H,22,25). The lowest BCUT2D eigenvalue weighted by Gasteiger charge is -2.08. The van der Waals surface area contributed by atoms with Gasteiger partial charge in [-0.3, -0.25) is 14.5 Å². The van der Waals surface area contributed by atoms with Crippen molar-refractivity contribution in [1.82, 2.24) is 20.1 Å². The Morgan fingerprint density at radius 2 is 2.16 bits per heavy atom. The molecule has 0 spiro atoms. The van der Waals surface area contributed by atoms with Crippen LogP contribution in [0.15, 0.2) is 48.8 Å². The molecule has 0 fully saturated rings. The van der Waals surface area contributed by atoms with Gasteiger partial charge in [0, 0.05) is 30.2 Å². The highest BCUT2D eigenvalue weighted by atomic mass is 35.5. The smallest absolute Gasteiger partial charge is 0.255 e. The van der Waals surface area contributed by atoms with Crippen LogP contribution in [-0.2, 0) is 6.54 Å². The number of carbonyl (C=O) groups is 1. The summed E-state index contributed by atoms with van der Waals surface area (Å²) in [4.78, 5) is 16.2. The molecule has 0 saturated carbocycles. The number of hydrogen-bond donors (Lipinski definition) is 1. The van der Waals surface area contributed by atoms with E-state index in [0.29, 0.717) is 13.1 Å². The van der Waals surface area contributed by atoms with Crippen molar-refractivity contribution < 1.29 is 9.18 Å². The lowest BCUT2D eigenvalue weighted by Crippen LogP contribution is -2.28. The van der Waals surface area contributed by atoms with E-state index in [1.165, 1.54) is 18.2 Å². The average Bonchev–Trinajstić information content (AvgIpc) is 2.96. The fraction of sp³-hybridized carbons (Fsp3) is 0.167. The fourth-order valence-electron chi connectivity index (χ4n) is 2.47. The van der Waals surface area contributed by atoms with Crippen LogP contribution in [0.4, 0.5) is 4.39 Å². The molecular weight excluding hydrogens is 343 g/mol. The van der Waals surface area contributed by atoms with Gasteiger partial charge in [0.05, 0.1) is 22.8 Å². The van der Waals surface area contributed by atoms with Crippen molar-refractivity contribution in [3.63, 3.8) is 0 Å². The molecule has 2 aromatic heterocycles. The van der Waals surface area contributed by atoms with Gasteiger partial charge in [-0.05, 0) is 37.3 Å². The Labute approximate surface area is 149 Å². The van der Waals surface area contributed by atoms with Gasteiger partial charge in [0.1, 0.15) is 5.82 Å². The van der Waals surface area contributed by atoms with E-state index in [1.54, 1.807) is 17.1 Å². The van der Waals surface area contributed by atoms with Crippen LogP contribution in [-0.4, -0.2) is 27.2 Å². The van der Waals surface area contributed by atoms with Gasteiger partial charge in [-0.2, -0.15) is 5.10 Å². The minimum absolute atomic E-state index is 0.0895. The van der Waals surface area contributed by atoms with E-state index < -0.39 is 11.7 Å². The van der Waals surface area contributed by atoms with Crippen LogP contribution in [0.3, 0.4) is 0 Å². The Morgan fingerprint density at radius 3 is 2.88 bits per heavy atom. The number of amides is 1. The monoisotopic (exact) mass is 358 g/mol. The highest BCUT2D eigenvalue weighted by molar-refractivity contribution is 6.33. The summed E-state index contributed by atoms with van der Waals surface area (Å²) in [7, 11) is 0. The lowest BCUT2D eigenvalue weighted by molar-refractivity contribution is 0.0948. The maximum absolute atomic E-state index is 13.7. The lowest BCUT2D eigenvalue weighted by atomic mass is 10.2. The summed E-state index contributed by atoms with van der Waals surface area (Å²) in [5, 5.41) is 7.27. The second-order valence-electron chi connectivity index (χ2n) is 5.49. The molecule has 0 aliphatic heterocycles. The van der Waals surface area contributed by atoms with Crippen LogP contribution in [0.2, 0.25) is 5.02 Å². The minimum Gasteiger partial charge on any atom is -0.350 e. The molecular formula is C18H16ClFN4O. The van der Waals surface area contributed by atoms with Crippen molar-refractivity contribution in [2.24, 2.45) is 0 Å². The van der Waals surface area contributed by atoms with Crippen molar-refractivity contribution in [3.8, 4) is 11.3 Å². The molecule has 1 aromatic carbocycles. The molecule has 7 heteroatoms. The van der Waals surface area contributed by atoms with E-state index in [-0.39, 0.29) is 10.6 Å². The Kier molecular flexibility index (Phi) is 5.09. The van der Waals surface area contributed by atoms with E-state index in [1.807, 2.05) is 25.1 Å². The summed E-state index contributed by atoms with van der Waals surface area (Å²) in [6, 6.07) is 9.88. The molecule has 0 saturated heterocycles. The van der Waals surface area contributed by atoms with Crippen LogP contribution in [0, 0.1) is 12.7 Å². The van der Waals surface area contributed by atoms with Gasteiger partial charge in [-0.1, -0.05) is 17.7 Å². The summed E-state index contributed by atoms with van der Waals surface area (Å²) in [6.07, 6.45) is 3.45. The number of rotatable bonds is 5. The number of aromatic nitrogens is 3. The van der Waals surface area contributed by atoms with Crippen LogP contribution < -0.4 is 5.32 Å². The number of hydrogen-bond acceptors (Lipinski definition) is 3. The molecule has 3 rings (SSSR count). The SMILES string of the molecule is Cc1cc(-c2cccnc2)nn1CCNC(=O)c1c(F)cccc1Cl.